The van der Waals surface area contributed by atoms with Gasteiger partial charge in [0.05, 0.1) is 24.1 Å². The smallest absolute Gasteiger partial charge is 0.338 e. The molecule has 0 aliphatic rings. The van der Waals surface area contributed by atoms with E-state index in [1.54, 1.807) is 73.1 Å². The Kier molecular flexibility index (Phi) is 4.71. The van der Waals surface area contributed by atoms with Crippen molar-refractivity contribution in [2.45, 2.75) is 6.92 Å². The minimum atomic E-state index is -0.355. The van der Waals surface area contributed by atoms with Gasteiger partial charge in [-0.05, 0) is 37.3 Å². The van der Waals surface area contributed by atoms with Crippen LogP contribution in [0, 0.1) is 0 Å². The molecule has 3 aromatic rings. The Balaban J connectivity index is 1.99. The van der Waals surface area contributed by atoms with E-state index in [9.17, 15) is 4.79 Å². The molecule has 0 saturated heterocycles. The molecule has 0 N–H and O–H groups in total. The van der Waals surface area contributed by atoms with Crippen molar-refractivity contribution < 1.29 is 9.53 Å². The minimum absolute atomic E-state index is 0.337. The van der Waals surface area contributed by atoms with Crippen molar-refractivity contribution in [2.24, 2.45) is 0 Å². The van der Waals surface area contributed by atoms with E-state index in [0.29, 0.717) is 23.9 Å². The molecule has 0 fully saturated rings. The van der Waals surface area contributed by atoms with Crippen LogP contribution in [-0.2, 0) is 4.74 Å². The molecule has 120 valence electrons. The van der Waals surface area contributed by atoms with Gasteiger partial charge in [-0.3, -0.25) is 9.88 Å². The van der Waals surface area contributed by atoms with Crippen LogP contribution < -0.4 is 4.90 Å². The van der Waals surface area contributed by atoms with Crippen molar-refractivity contribution in [3.8, 4) is 0 Å². The summed E-state index contributed by atoms with van der Waals surface area (Å²) < 4.78 is 5.00. The number of rotatable bonds is 5. The van der Waals surface area contributed by atoms with Crippen LogP contribution in [0.1, 0.15) is 17.3 Å². The predicted octanol–water partition coefficient (Wildman–Crippen LogP) is 2.91. The third-order valence-electron chi connectivity index (χ3n) is 3.17. The minimum Gasteiger partial charge on any atom is -0.462 e. The molecule has 24 heavy (non-hydrogen) atoms. The van der Waals surface area contributed by atoms with Gasteiger partial charge in [-0.15, -0.1) is 0 Å². The number of aromatic nitrogens is 4. The van der Waals surface area contributed by atoms with Crippen LogP contribution in [0.25, 0.3) is 0 Å². The van der Waals surface area contributed by atoms with E-state index in [2.05, 4.69) is 19.9 Å². The maximum absolute atomic E-state index is 11.8. The lowest BCUT2D eigenvalue weighted by atomic mass is 10.2. The highest BCUT2D eigenvalue weighted by Crippen LogP contribution is 2.29. The summed E-state index contributed by atoms with van der Waals surface area (Å²) in [6.07, 6.45) is 8.11. The molecular weight excluding hydrogens is 306 g/mol. The number of anilines is 3. The molecule has 1 aromatic carbocycles. The van der Waals surface area contributed by atoms with Crippen molar-refractivity contribution in [3.05, 3.63) is 66.9 Å². The SMILES string of the molecule is CCOC(=O)c1ccc(N(c2cnccn2)c2ncccn2)cc1. The molecule has 0 aliphatic carbocycles. The lowest BCUT2D eigenvalue weighted by Crippen LogP contribution is -2.15. The van der Waals surface area contributed by atoms with Crippen molar-refractivity contribution >= 4 is 23.4 Å². The number of hydrogen-bond donors (Lipinski definition) is 0. The van der Waals surface area contributed by atoms with Gasteiger partial charge in [-0.2, -0.15) is 0 Å². The Morgan fingerprint density at radius 3 is 2.42 bits per heavy atom. The first kappa shape index (κ1) is 15.5. The van der Waals surface area contributed by atoms with Crippen LogP contribution in [0.3, 0.4) is 0 Å². The molecule has 7 heteroatoms. The zero-order chi connectivity index (χ0) is 16.8. The Morgan fingerprint density at radius 1 is 1.04 bits per heavy atom. The third-order valence-corrected chi connectivity index (χ3v) is 3.17. The fourth-order valence-corrected chi connectivity index (χ4v) is 2.12. The van der Waals surface area contributed by atoms with Crippen molar-refractivity contribution in [1.82, 2.24) is 19.9 Å². The van der Waals surface area contributed by atoms with E-state index in [-0.39, 0.29) is 5.97 Å². The lowest BCUT2D eigenvalue weighted by Gasteiger charge is -2.21. The second-order valence-electron chi connectivity index (χ2n) is 4.72. The second kappa shape index (κ2) is 7.28. The Labute approximate surface area is 139 Å². The van der Waals surface area contributed by atoms with E-state index in [1.165, 1.54) is 0 Å². The van der Waals surface area contributed by atoms with Crippen molar-refractivity contribution in [1.29, 1.82) is 0 Å². The molecule has 0 spiro atoms. The number of carbonyl (C=O) groups excluding carboxylic acids is 1. The van der Waals surface area contributed by atoms with Gasteiger partial charge >= 0.3 is 5.97 Å². The molecule has 0 radical (unpaired) electrons. The normalized spacial score (nSPS) is 10.2. The number of nitrogens with zero attached hydrogens (tertiary/aromatic N) is 5. The highest BCUT2D eigenvalue weighted by atomic mass is 16.5. The molecular formula is C17H15N5O2. The number of benzene rings is 1. The molecule has 3 rings (SSSR count). The molecule has 0 aliphatic heterocycles. The number of carbonyl (C=O) groups is 1. The van der Waals surface area contributed by atoms with Crippen LogP contribution in [0.2, 0.25) is 0 Å². The summed E-state index contributed by atoms with van der Waals surface area (Å²) in [5, 5.41) is 0. The van der Waals surface area contributed by atoms with Crippen molar-refractivity contribution in [2.75, 3.05) is 11.5 Å². The van der Waals surface area contributed by atoms with Gasteiger partial charge in [-0.1, -0.05) is 0 Å². The average Bonchev–Trinajstić information content (AvgIpc) is 2.64. The summed E-state index contributed by atoms with van der Waals surface area (Å²) in [6.45, 7) is 2.11. The van der Waals surface area contributed by atoms with Crippen LogP contribution in [0.5, 0.6) is 0 Å². The van der Waals surface area contributed by atoms with Gasteiger partial charge in [0.25, 0.3) is 0 Å². The van der Waals surface area contributed by atoms with Gasteiger partial charge in [0.15, 0.2) is 5.82 Å². The maximum atomic E-state index is 11.8. The van der Waals surface area contributed by atoms with E-state index in [1.807, 2.05) is 0 Å². The summed E-state index contributed by atoms with van der Waals surface area (Å²) in [5.41, 5.74) is 1.24. The predicted molar refractivity (Wildman–Crippen MR) is 88.3 cm³/mol. The first-order chi connectivity index (χ1) is 11.8. The first-order valence-electron chi connectivity index (χ1n) is 7.40. The Hall–Kier alpha value is -3.35. The van der Waals surface area contributed by atoms with Crippen LogP contribution in [0.4, 0.5) is 17.5 Å². The largest absolute Gasteiger partial charge is 0.462 e. The maximum Gasteiger partial charge on any atom is 0.338 e. The number of ether oxygens (including phenoxy) is 1. The van der Waals surface area contributed by atoms with Crippen LogP contribution >= 0.6 is 0 Å². The highest BCUT2D eigenvalue weighted by Gasteiger charge is 2.16. The third kappa shape index (κ3) is 3.35. The van der Waals surface area contributed by atoms with Gasteiger partial charge in [0.1, 0.15) is 0 Å². The zero-order valence-corrected chi connectivity index (χ0v) is 13.0. The second-order valence-corrected chi connectivity index (χ2v) is 4.72. The molecule has 0 saturated carbocycles. The van der Waals surface area contributed by atoms with E-state index in [4.69, 9.17) is 4.74 Å². The first-order valence-corrected chi connectivity index (χ1v) is 7.40. The molecule has 0 atom stereocenters. The molecule has 2 aromatic heterocycles. The topological polar surface area (TPSA) is 81.1 Å². The average molecular weight is 321 g/mol. The van der Waals surface area contributed by atoms with E-state index >= 15 is 0 Å². The van der Waals surface area contributed by atoms with Gasteiger partial charge in [0, 0.05) is 24.8 Å². The molecule has 7 nitrogen and oxygen atoms in total. The summed E-state index contributed by atoms with van der Waals surface area (Å²) in [7, 11) is 0. The Bertz CT molecular complexity index is 755. The van der Waals surface area contributed by atoms with E-state index < -0.39 is 0 Å². The van der Waals surface area contributed by atoms with Gasteiger partial charge in [0.2, 0.25) is 5.95 Å². The van der Waals surface area contributed by atoms with Gasteiger partial charge < -0.3 is 4.74 Å². The fourth-order valence-electron chi connectivity index (χ4n) is 2.12. The molecule has 2 heterocycles. The fraction of sp³-hybridized carbons (Fsp3) is 0.118. The monoisotopic (exact) mass is 321 g/mol. The quantitative estimate of drug-likeness (QED) is 0.668. The standard InChI is InChI=1S/C17H15N5O2/c1-2-24-16(23)13-4-6-14(7-5-13)22(15-12-18-10-11-19-15)17-20-8-3-9-21-17/h3-12H,2H2,1H3. The van der Waals surface area contributed by atoms with Crippen LogP contribution in [0.15, 0.2) is 61.3 Å². The number of hydrogen-bond acceptors (Lipinski definition) is 7. The number of esters is 1. The molecule has 0 unspecified atom stereocenters. The van der Waals surface area contributed by atoms with Gasteiger partial charge in [-0.25, -0.2) is 19.7 Å². The molecule has 0 amide bonds. The summed E-state index contributed by atoms with van der Waals surface area (Å²) in [6, 6.07) is 8.70. The molecule has 0 bridgehead atoms. The summed E-state index contributed by atoms with van der Waals surface area (Å²) >= 11 is 0. The summed E-state index contributed by atoms with van der Waals surface area (Å²) in [5.74, 6) is 0.681. The van der Waals surface area contributed by atoms with E-state index in [0.717, 1.165) is 5.69 Å². The Morgan fingerprint density at radius 2 is 1.79 bits per heavy atom. The lowest BCUT2D eigenvalue weighted by molar-refractivity contribution is 0.0526. The van der Waals surface area contributed by atoms with Crippen molar-refractivity contribution in [3.63, 3.8) is 0 Å². The highest BCUT2D eigenvalue weighted by molar-refractivity contribution is 5.90. The van der Waals surface area contributed by atoms with Crippen LogP contribution in [-0.4, -0.2) is 32.5 Å². The zero-order valence-electron chi connectivity index (χ0n) is 13.0. The summed E-state index contributed by atoms with van der Waals surface area (Å²) in [4.78, 5) is 30.5.